The molecule has 0 amide bonds. The average Bonchev–Trinajstić information content (AvgIpc) is 2.97. The van der Waals surface area contributed by atoms with Gasteiger partial charge in [-0.2, -0.15) is 17.0 Å². The molecule has 3 heterocycles. The summed E-state index contributed by atoms with van der Waals surface area (Å²) in [5.74, 6) is 0.937. The molecule has 3 fully saturated rings. The summed E-state index contributed by atoms with van der Waals surface area (Å²) >= 11 is 0. The minimum absolute atomic E-state index is 0.254. The molecule has 3 saturated heterocycles. The zero-order chi connectivity index (χ0) is 13.0. The van der Waals surface area contributed by atoms with Crippen LogP contribution in [0, 0.1) is 11.8 Å². The van der Waals surface area contributed by atoms with Crippen molar-refractivity contribution in [3.8, 4) is 0 Å². The molecule has 0 spiro atoms. The van der Waals surface area contributed by atoms with E-state index in [4.69, 9.17) is 0 Å². The maximum atomic E-state index is 12.7. The molecule has 0 bridgehead atoms. The Morgan fingerprint density at radius 1 is 1.17 bits per heavy atom. The van der Waals surface area contributed by atoms with Crippen molar-refractivity contribution in [2.24, 2.45) is 11.8 Å². The Balaban J connectivity index is 1.88. The van der Waals surface area contributed by atoms with Crippen LogP contribution in [0.5, 0.6) is 0 Å². The highest BCUT2D eigenvalue weighted by Gasteiger charge is 2.55. The molecular formula is C12H23N3O2S. The molecule has 0 aromatic heterocycles. The second-order valence-corrected chi connectivity index (χ2v) is 8.18. The van der Waals surface area contributed by atoms with Gasteiger partial charge in [-0.05, 0) is 45.1 Å². The second-order valence-electron chi connectivity index (χ2n) is 6.32. The van der Waals surface area contributed by atoms with Crippen molar-refractivity contribution in [1.82, 2.24) is 13.9 Å². The van der Waals surface area contributed by atoms with Gasteiger partial charge in [-0.1, -0.05) is 0 Å². The Morgan fingerprint density at radius 3 is 2.44 bits per heavy atom. The molecular weight excluding hydrogens is 250 g/mol. The standard InChI is InChI=1S/C12H23N3O2S/c1-12(2)11-8-13-7-10(11)9-15(12)18(16,17)14-5-3-4-6-14/h10-11,13H,3-9H2,1-2H3. The summed E-state index contributed by atoms with van der Waals surface area (Å²) in [5, 5.41) is 3.39. The first-order valence-electron chi connectivity index (χ1n) is 6.92. The number of nitrogens with one attached hydrogen (secondary N) is 1. The number of fused-ring (bicyclic) bond motifs is 1. The van der Waals surface area contributed by atoms with Crippen molar-refractivity contribution in [2.45, 2.75) is 32.2 Å². The molecule has 0 aliphatic carbocycles. The number of rotatable bonds is 2. The Morgan fingerprint density at radius 2 is 1.83 bits per heavy atom. The molecule has 0 aromatic carbocycles. The zero-order valence-electron chi connectivity index (χ0n) is 11.2. The van der Waals surface area contributed by atoms with Gasteiger partial charge in [0.15, 0.2) is 0 Å². The lowest BCUT2D eigenvalue weighted by molar-refractivity contribution is 0.220. The lowest BCUT2D eigenvalue weighted by Crippen LogP contribution is -2.52. The largest absolute Gasteiger partial charge is 0.316 e. The summed E-state index contributed by atoms with van der Waals surface area (Å²) in [6.45, 7) is 8.15. The monoisotopic (exact) mass is 273 g/mol. The van der Waals surface area contributed by atoms with E-state index >= 15 is 0 Å². The fourth-order valence-corrected chi connectivity index (χ4v) is 5.94. The lowest BCUT2D eigenvalue weighted by atomic mass is 9.85. The molecule has 6 heteroatoms. The smallest absolute Gasteiger partial charge is 0.282 e. The van der Waals surface area contributed by atoms with Gasteiger partial charge in [0.2, 0.25) is 0 Å². The van der Waals surface area contributed by atoms with Gasteiger partial charge in [0.05, 0.1) is 0 Å². The predicted molar refractivity (Wildman–Crippen MR) is 70.4 cm³/mol. The Hall–Kier alpha value is -0.170. The molecule has 5 nitrogen and oxygen atoms in total. The van der Waals surface area contributed by atoms with E-state index in [1.165, 1.54) is 0 Å². The summed E-state index contributed by atoms with van der Waals surface area (Å²) < 4.78 is 28.9. The van der Waals surface area contributed by atoms with Crippen molar-refractivity contribution < 1.29 is 8.42 Å². The minimum Gasteiger partial charge on any atom is -0.316 e. The van der Waals surface area contributed by atoms with Crippen molar-refractivity contribution in [2.75, 3.05) is 32.7 Å². The van der Waals surface area contributed by atoms with Crippen molar-refractivity contribution in [1.29, 1.82) is 0 Å². The second kappa shape index (κ2) is 4.16. The first-order valence-corrected chi connectivity index (χ1v) is 8.32. The van der Waals surface area contributed by atoms with Crippen molar-refractivity contribution >= 4 is 10.2 Å². The molecule has 0 radical (unpaired) electrons. The molecule has 2 unspecified atom stereocenters. The predicted octanol–water partition coefficient (Wildman–Crippen LogP) is 0.257. The van der Waals surface area contributed by atoms with E-state index in [1.54, 1.807) is 8.61 Å². The van der Waals surface area contributed by atoms with E-state index in [9.17, 15) is 8.42 Å². The maximum absolute atomic E-state index is 12.7. The molecule has 0 aromatic rings. The summed E-state index contributed by atoms with van der Waals surface area (Å²) in [5.41, 5.74) is -0.254. The number of nitrogens with zero attached hydrogens (tertiary/aromatic N) is 2. The van der Waals surface area contributed by atoms with Gasteiger partial charge in [0.1, 0.15) is 0 Å². The van der Waals surface area contributed by atoms with Crippen LogP contribution < -0.4 is 5.32 Å². The van der Waals surface area contributed by atoms with Gasteiger partial charge in [-0.25, -0.2) is 0 Å². The molecule has 3 aliphatic rings. The highest BCUT2D eigenvalue weighted by atomic mass is 32.2. The summed E-state index contributed by atoms with van der Waals surface area (Å²) in [7, 11) is -3.25. The fraction of sp³-hybridized carbons (Fsp3) is 1.00. The highest BCUT2D eigenvalue weighted by Crippen LogP contribution is 2.43. The topological polar surface area (TPSA) is 52.7 Å². The van der Waals surface area contributed by atoms with Crippen LogP contribution in [-0.2, 0) is 10.2 Å². The van der Waals surface area contributed by atoms with Gasteiger partial charge in [0, 0.05) is 31.7 Å². The average molecular weight is 273 g/mol. The van der Waals surface area contributed by atoms with E-state index in [0.717, 1.165) is 25.9 Å². The molecule has 18 heavy (non-hydrogen) atoms. The Bertz CT molecular complexity index is 429. The quantitative estimate of drug-likeness (QED) is 0.785. The first kappa shape index (κ1) is 12.8. The van der Waals surface area contributed by atoms with Crippen LogP contribution in [0.15, 0.2) is 0 Å². The van der Waals surface area contributed by atoms with Crippen molar-refractivity contribution in [3.05, 3.63) is 0 Å². The van der Waals surface area contributed by atoms with Crippen LogP contribution in [-0.4, -0.2) is 55.3 Å². The third-order valence-electron chi connectivity index (χ3n) is 4.96. The minimum atomic E-state index is -3.25. The Labute approximate surface area is 110 Å². The highest BCUT2D eigenvalue weighted by molar-refractivity contribution is 7.86. The van der Waals surface area contributed by atoms with E-state index in [0.29, 0.717) is 31.5 Å². The van der Waals surface area contributed by atoms with Gasteiger partial charge in [-0.15, -0.1) is 0 Å². The zero-order valence-corrected chi connectivity index (χ0v) is 12.0. The Kier molecular flexibility index (Phi) is 2.97. The molecule has 2 atom stereocenters. The van der Waals surface area contributed by atoms with Gasteiger partial charge >= 0.3 is 0 Å². The van der Waals surface area contributed by atoms with E-state index in [1.807, 2.05) is 0 Å². The van der Waals surface area contributed by atoms with E-state index in [-0.39, 0.29) is 5.54 Å². The van der Waals surface area contributed by atoms with Crippen LogP contribution in [0.2, 0.25) is 0 Å². The van der Waals surface area contributed by atoms with Gasteiger partial charge in [-0.3, -0.25) is 0 Å². The van der Waals surface area contributed by atoms with Gasteiger partial charge < -0.3 is 5.32 Å². The molecule has 3 aliphatic heterocycles. The van der Waals surface area contributed by atoms with E-state index in [2.05, 4.69) is 19.2 Å². The van der Waals surface area contributed by atoms with Crippen LogP contribution in [0.3, 0.4) is 0 Å². The van der Waals surface area contributed by atoms with Crippen LogP contribution >= 0.6 is 0 Å². The lowest BCUT2D eigenvalue weighted by Gasteiger charge is -2.36. The molecule has 0 saturated carbocycles. The third-order valence-corrected chi connectivity index (χ3v) is 7.15. The van der Waals surface area contributed by atoms with E-state index < -0.39 is 10.2 Å². The third kappa shape index (κ3) is 1.73. The number of hydrogen-bond donors (Lipinski definition) is 1. The maximum Gasteiger partial charge on any atom is 0.282 e. The van der Waals surface area contributed by atoms with Crippen LogP contribution in [0.1, 0.15) is 26.7 Å². The summed E-state index contributed by atoms with van der Waals surface area (Å²) in [4.78, 5) is 0. The molecule has 104 valence electrons. The molecule has 1 N–H and O–H groups in total. The SMILES string of the molecule is CC1(C)C2CNCC2CN1S(=O)(=O)N1CCCC1. The first-order chi connectivity index (χ1) is 8.44. The molecule has 3 rings (SSSR count). The fourth-order valence-electron chi connectivity index (χ4n) is 3.83. The number of hydrogen-bond acceptors (Lipinski definition) is 3. The van der Waals surface area contributed by atoms with Crippen LogP contribution in [0.4, 0.5) is 0 Å². The normalized spacial score (nSPS) is 37.2. The van der Waals surface area contributed by atoms with Crippen LogP contribution in [0.25, 0.3) is 0 Å². The summed E-state index contributed by atoms with van der Waals surface area (Å²) in [6.07, 6.45) is 2.00. The summed E-state index contributed by atoms with van der Waals surface area (Å²) in [6, 6.07) is 0. The van der Waals surface area contributed by atoms with Gasteiger partial charge in [0.25, 0.3) is 10.2 Å². The van der Waals surface area contributed by atoms with Crippen molar-refractivity contribution in [3.63, 3.8) is 0 Å².